The largest absolute Gasteiger partial charge is 0.352 e. The second kappa shape index (κ2) is 7.90. The van der Waals surface area contributed by atoms with Gasteiger partial charge in [-0.05, 0) is 36.8 Å². The number of fused-ring (bicyclic) bond motifs is 1. The summed E-state index contributed by atoms with van der Waals surface area (Å²) in [5.74, 6) is 0.402. The van der Waals surface area contributed by atoms with E-state index >= 15 is 0 Å². The number of nitrogens with one attached hydrogen (secondary N) is 4. The molecule has 1 atom stereocenters. The monoisotopic (exact) mass is 431 g/mol. The summed E-state index contributed by atoms with van der Waals surface area (Å²) in [5, 5.41) is 16.4. The van der Waals surface area contributed by atoms with Gasteiger partial charge in [0.25, 0.3) is 5.91 Å². The molecule has 0 aliphatic carbocycles. The van der Waals surface area contributed by atoms with Crippen molar-refractivity contribution in [3.8, 4) is 0 Å². The Kier molecular flexibility index (Phi) is 5.31. The third-order valence-electron chi connectivity index (χ3n) is 4.58. The number of hydrazine groups is 1. The quantitative estimate of drug-likeness (QED) is 0.506. The first kappa shape index (κ1) is 19.5. The lowest BCUT2D eigenvalue weighted by molar-refractivity contribution is 0.0956. The van der Waals surface area contributed by atoms with Crippen LogP contribution in [0.4, 0.5) is 5.69 Å². The van der Waals surface area contributed by atoms with E-state index in [-0.39, 0.29) is 12.1 Å². The minimum absolute atomic E-state index is 0.198. The smallest absolute Gasteiger partial charge is 0.252 e. The molecule has 1 amide bonds. The first-order valence-corrected chi connectivity index (χ1v) is 9.77. The number of rotatable bonds is 4. The summed E-state index contributed by atoms with van der Waals surface area (Å²) in [4.78, 5) is 16.7. The normalized spacial score (nSPS) is 16.2. The van der Waals surface area contributed by atoms with E-state index in [0.29, 0.717) is 28.1 Å². The summed E-state index contributed by atoms with van der Waals surface area (Å²) < 4.78 is 0. The van der Waals surface area contributed by atoms with Crippen molar-refractivity contribution in [2.75, 3.05) is 18.9 Å². The van der Waals surface area contributed by atoms with Crippen LogP contribution in [0.15, 0.2) is 41.5 Å². The molecule has 0 fully saturated rings. The third-order valence-corrected chi connectivity index (χ3v) is 5.30. The van der Waals surface area contributed by atoms with E-state index in [4.69, 9.17) is 23.2 Å². The van der Waals surface area contributed by atoms with E-state index in [1.807, 2.05) is 32.2 Å². The molecule has 3 aromatic rings. The highest BCUT2D eigenvalue weighted by Crippen LogP contribution is 2.31. The molecule has 1 aliphatic rings. The van der Waals surface area contributed by atoms with Crippen molar-refractivity contribution in [3.05, 3.63) is 57.7 Å². The van der Waals surface area contributed by atoms with Gasteiger partial charge in [0.05, 0.1) is 33.0 Å². The summed E-state index contributed by atoms with van der Waals surface area (Å²) in [6.45, 7) is 2.40. The first-order valence-electron chi connectivity index (χ1n) is 9.02. The molecule has 0 spiro atoms. The van der Waals surface area contributed by atoms with Gasteiger partial charge in [0.2, 0.25) is 5.96 Å². The van der Waals surface area contributed by atoms with Crippen LogP contribution in [0.3, 0.4) is 0 Å². The van der Waals surface area contributed by atoms with Crippen LogP contribution in [-0.2, 0) is 0 Å². The first-order chi connectivity index (χ1) is 14.0. The number of benzene rings is 2. The Labute approximate surface area is 177 Å². The van der Waals surface area contributed by atoms with E-state index in [0.717, 1.165) is 22.2 Å². The fourth-order valence-corrected chi connectivity index (χ4v) is 3.62. The summed E-state index contributed by atoms with van der Waals surface area (Å²) in [5.41, 5.74) is 6.09. The van der Waals surface area contributed by atoms with Gasteiger partial charge in [-0.25, -0.2) is 10.4 Å². The lowest BCUT2D eigenvalue weighted by Crippen LogP contribution is -2.37. The molecule has 2 aromatic carbocycles. The average molecular weight is 432 g/mol. The Hall–Kier alpha value is -2.81. The Morgan fingerprint density at radius 1 is 1.28 bits per heavy atom. The van der Waals surface area contributed by atoms with Crippen molar-refractivity contribution in [2.45, 2.75) is 13.1 Å². The lowest BCUT2D eigenvalue weighted by Gasteiger charge is -2.17. The van der Waals surface area contributed by atoms with Gasteiger partial charge in [-0.1, -0.05) is 29.3 Å². The number of carbonyl (C=O) groups excluding carboxylic acids is 1. The maximum atomic E-state index is 12.0. The molecule has 8 nitrogen and oxygen atoms in total. The van der Waals surface area contributed by atoms with Crippen molar-refractivity contribution in [1.82, 2.24) is 25.9 Å². The average Bonchev–Trinajstić information content (AvgIpc) is 3.31. The number of carbonyl (C=O) groups is 1. The highest BCUT2D eigenvalue weighted by Gasteiger charge is 2.25. The second-order valence-electron chi connectivity index (χ2n) is 6.53. The van der Waals surface area contributed by atoms with E-state index < -0.39 is 0 Å². The van der Waals surface area contributed by atoms with Crippen LogP contribution in [0, 0.1) is 0 Å². The van der Waals surface area contributed by atoms with Crippen LogP contribution in [0.5, 0.6) is 0 Å². The maximum Gasteiger partial charge on any atom is 0.252 e. The van der Waals surface area contributed by atoms with Gasteiger partial charge in [-0.3, -0.25) is 14.9 Å². The zero-order valence-corrected chi connectivity index (χ0v) is 17.3. The lowest BCUT2D eigenvalue weighted by atomic mass is 10.1. The Morgan fingerprint density at radius 2 is 2.10 bits per heavy atom. The van der Waals surface area contributed by atoms with Crippen LogP contribution < -0.4 is 16.1 Å². The summed E-state index contributed by atoms with van der Waals surface area (Å²) >= 11 is 12.8. The number of guanidine groups is 1. The number of halogens is 2. The van der Waals surface area contributed by atoms with E-state index in [9.17, 15) is 4.79 Å². The van der Waals surface area contributed by atoms with Gasteiger partial charge in [-0.15, -0.1) is 0 Å². The molecular weight excluding hydrogens is 413 g/mol. The Balaban J connectivity index is 1.57. The number of aromatic nitrogens is 2. The summed E-state index contributed by atoms with van der Waals surface area (Å²) in [6, 6.07) is 9.05. The maximum absolute atomic E-state index is 12.0. The number of aliphatic imine (C=N–C) groups is 1. The van der Waals surface area contributed by atoms with Crippen molar-refractivity contribution in [3.63, 3.8) is 0 Å². The van der Waals surface area contributed by atoms with Crippen molar-refractivity contribution >= 4 is 51.7 Å². The molecule has 150 valence electrons. The zero-order chi connectivity index (χ0) is 20.5. The van der Waals surface area contributed by atoms with Crippen molar-refractivity contribution in [2.24, 2.45) is 4.99 Å². The molecule has 1 aliphatic heterocycles. The zero-order valence-electron chi connectivity index (χ0n) is 15.8. The molecule has 10 heteroatoms. The molecule has 0 bridgehead atoms. The van der Waals surface area contributed by atoms with Crippen LogP contribution >= 0.6 is 23.2 Å². The number of anilines is 1. The molecule has 1 aromatic heterocycles. The summed E-state index contributed by atoms with van der Waals surface area (Å²) in [6.07, 6.45) is 1.34. The molecule has 0 saturated heterocycles. The number of H-pyrrole nitrogens is 1. The van der Waals surface area contributed by atoms with Crippen LogP contribution in [0.2, 0.25) is 10.0 Å². The third kappa shape index (κ3) is 3.74. The molecule has 29 heavy (non-hydrogen) atoms. The SMILES string of the molecule is CCNC(=O)c1ccc(C2N=C(Nc3ccc4[nH]ncc4c3Cl)N(C)N2)cc1Cl. The van der Waals surface area contributed by atoms with E-state index in [2.05, 4.69) is 31.2 Å². The Morgan fingerprint density at radius 3 is 2.86 bits per heavy atom. The molecule has 4 rings (SSSR count). The van der Waals surface area contributed by atoms with Crippen LogP contribution in [0.1, 0.15) is 29.0 Å². The molecule has 0 radical (unpaired) electrons. The second-order valence-corrected chi connectivity index (χ2v) is 7.31. The molecule has 1 unspecified atom stereocenters. The molecule has 0 saturated carbocycles. The molecular formula is C19H19Cl2N7O. The predicted octanol–water partition coefficient (Wildman–Crippen LogP) is 3.54. The highest BCUT2D eigenvalue weighted by molar-refractivity contribution is 6.38. The van der Waals surface area contributed by atoms with E-state index in [1.54, 1.807) is 23.3 Å². The topological polar surface area (TPSA) is 97.4 Å². The standard InChI is InChI=1S/C19H19Cl2N7O/c1-3-22-18(29)11-5-4-10(8-13(11)20)17-25-19(28(2)27-17)24-15-7-6-14-12(16(15)21)9-23-26-14/h4-9,17,27H,3H2,1-2H3,(H,22,29)(H,23,26)(H,24,25). The van der Waals surface area contributed by atoms with Crippen LogP contribution in [-0.4, -0.2) is 40.7 Å². The van der Waals surface area contributed by atoms with Gasteiger partial charge in [-0.2, -0.15) is 5.10 Å². The fraction of sp³-hybridized carbons (Fsp3) is 0.211. The van der Waals surface area contributed by atoms with E-state index in [1.165, 1.54) is 0 Å². The number of aromatic amines is 1. The minimum Gasteiger partial charge on any atom is -0.352 e. The van der Waals surface area contributed by atoms with Gasteiger partial charge in [0.1, 0.15) is 6.17 Å². The minimum atomic E-state index is -0.347. The van der Waals surface area contributed by atoms with Crippen molar-refractivity contribution < 1.29 is 4.79 Å². The highest BCUT2D eigenvalue weighted by atomic mass is 35.5. The predicted molar refractivity (Wildman–Crippen MR) is 115 cm³/mol. The van der Waals surface area contributed by atoms with Gasteiger partial charge >= 0.3 is 0 Å². The number of hydrogen-bond donors (Lipinski definition) is 4. The number of amides is 1. The summed E-state index contributed by atoms with van der Waals surface area (Å²) in [7, 11) is 1.85. The van der Waals surface area contributed by atoms with Gasteiger partial charge < -0.3 is 10.6 Å². The molecule has 4 N–H and O–H groups in total. The molecule has 2 heterocycles. The number of hydrogen-bond acceptors (Lipinski definition) is 6. The fourth-order valence-electron chi connectivity index (χ4n) is 3.09. The van der Waals surface area contributed by atoms with Crippen molar-refractivity contribution in [1.29, 1.82) is 0 Å². The van der Waals surface area contributed by atoms with Gasteiger partial charge in [0.15, 0.2) is 0 Å². The Bertz CT molecular complexity index is 1110. The number of nitrogens with zero attached hydrogens (tertiary/aromatic N) is 3. The van der Waals surface area contributed by atoms with Crippen LogP contribution in [0.25, 0.3) is 10.9 Å². The van der Waals surface area contributed by atoms with Gasteiger partial charge in [0, 0.05) is 19.0 Å².